The summed E-state index contributed by atoms with van der Waals surface area (Å²) in [7, 11) is -3.76. The number of aliphatic hydroxyl groups excluding tert-OH is 1. The minimum Gasteiger partial charge on any atom is -0.398 e. The van der Waals surface area contributed by atoms with Crippen LogP contribution < -0.4 is 10.5 Å². The van der Waals surface area contributed by atoms with E-state index >= 15 is 0 Å². The van der Waals surface area contributed by atoms with E-state index in [1.165, 1.54) is 12.1 Å². The maximum Gasteiger partial charge on any atom is 0.241 e. The van der Waals surface area contributed by atoms with Gasteiger partial charge < -0.3 is 10.8 Å². The fourth-order valence-corrected chi connectivity index (χ4v) is 3.87. The van der Waals surface area contributed by atoms with Crippen molar-refractivity contribution in [2.45, 2.75) is 44.6 Å². The zero-order valence-corrected chi connectivity index (χ0v) is 14.1. The number of halogens is 1. The summed E-state index contributed by atoms with van der Waals surface area (Å²) in [6.45, 7) is 5.53. The SMILES string of the molecule is CCC(CC)C(O)CNS(=O)(=O)c1cc(Cl)cc(N)c1C. The number of nitrogen functional groups attached to an aromatic ring is 1. The summed E-state index contributed by atoms with van der Waals surface area (Å²) in [5.74, 6) is 0.0678. The van der Waals surface area contributed by atoms with Crippen molar-refractivity contribution in [3.8, 4) is 0 Å². The van der Waals surface area contributed by atoms with E-state index in [0.29, 0.717) is 11.3 Å². The average Bonchev–Trinajstić information content (AvgIpc) is 2.42. The van der Waals surface area contributed by atoms with Crippen molar-refractivity contribution in [1.29, 1.82) is 0 Å². The molecular weight excluding hydrogens is 312 g/mol. The summed E-state index contributed by atoms with van der Waals surface area (Å²) in [6, 6.07) is 2.87. The Morgan fingerprint density at radius 3 is 2.43 bits per heavy atom. The van der Waals surface area contributed by atoms with Crippen LogP contribution in [0.4, 0.5) is 5.69 Å². The molecule has 0 aliphatic carbocycles. The van der Waals surface area contributed by atoms with Crippen LogP contribution in [0.2, 0.25) is 5.02 Å². The molecule has 21 heavy (non-hydrogen) atoms. The van der Waals surface area contributed by atoms with E-state index in [1.54, 1.807) is 6.92 Å². The quantitative estimate of drug-likeness (QED) is 0.667. The van der Waals surface area contributed by atoms with Gasteiger partial charge in [-0.3, -0.25) is 0 Å². The molecule has 0 saturated carbocycles. The van der Waals surface area contributed by atoms with Gasteiger partial charge in [0.25, 0.3) is 0 Å². The Balaban J connectivity index is 2.93. The van der Waals surface area contributed by atoms with Crippen LogP contribution in [0.5, 0.6) is 0 Å². The maximum atomic E-state index is 12.3. The Morgan fingerprint density at radius 1 is 1.33 bits per heavy atom. The summed E-state index contributed by atoms with van der Waals surface area (Å²) in [5, 5.41) is 10.3. The lowest BCUT2D eigenvalue weighted by Crippen LogP contribution is -2.36. The summed E-state index contributed by atoms with van der Waals surface area (Å²) in [5.41, 5.74) is 6.51. The Labute approximate surface area is 131 Å². The van der Waals surface area contributed by atoms with Crippen LogP contribution in [0.25, 0.3) is 0 Å². The van der Waals surface area contributed by atoms with E-state index in [-0.39, 0.29) is 22.4 Å². The maximum absolute atomic E-state index is 12.3. The van der Waals surface area contributed by atoms with Gasteiger partial charge in [-0.05, 0) is 30.5 Å². The highest BCUT2D eigenvalue weighted by Crippen LogP contribution is 2.26. The van der Waals surface area contributed by atoms with E-state index in [4.69, 9.17) is 17.3 Å². The zero-order valence-electron chi connectivity index (χ0n) is 12.6. The fraction of sp³-hybridized carbons (Fsp3) is 0.571. The van der Waals surface area contributed by atoms with Crippen LogP contribution in [-0.4, -0.2) is 26.2 Å². The van der Waals surface area contributed by atoms with Gasteiger partial charge >= 0.3 is 0 Å². The van der Waals surface area contributed by atoms with Gasteiger partial charge in [-0.15, -0.1) is 0 Å². The molecule has 0 fully saturated rings. The van der Waals surface area contributed by atoms with Crippen molar-refractivity contribution in [2.75, 3.05) is 12.3 Å². The molecule has 0 bridgehead atoms. The molecule has 0 radical (unpaired) electrons. The Morgan fingerprint density at radius 2 is 1.90 bits per heavy atom. The van der Waals surface area contributed by atoms with Gasteiger partial charge in [-0.2, -0.15) is 0 Å². The molecule has 4 N–H and O–H groups in total. The minimum absolute atomic E-state index is 0.0272. The van der Waals surface area contributed by atoms with Crippen LogP contribution in [-0.2, 0) is 10.0 Å². The second kappa shape index (κ2) is 7.45. The molecule has 0 saturated heterocycles. The molecule has 0 aliphatic rings. The minimum atomic E-state index is -3.76. The lowest BCUT2D eigenvalue weighted by molar-refractivity contribution is 0.107. The van der Waals surface area contributed by atoms with Gasteiger partial charge in [0, 0.05) is 17.3 Å². The molecule has 120 valence electrons. The first-order valence-corrected chi connectivity index (χ1v) is 8.82. The number of aliphatic hydroxyl groups is 1. The van der Waals surface area contributed by atoms with Gasteiger partial charge in [0.1, 0.15) is 0 Å². The van der Waals surface area contributed by atoms with Crippen LogP contribution in [0, 0.1) is 12.8 Å². The molecule has 1 atom stereocenters. The second-order valence-corrected chi connectivity index (χ2v) is 7.29. The van der Waals surface area contributed by atoms with Crippen molar-refractivity contribution in [1.82, 2.24) is 4.72 Å². The number of sulfonamides is 1. The number of benzene rings is 1. The van der Waals surface area contributed by atoms with Gasteiger partial charge in [0.2, 0.25) is 10.0 Å². The third kappa shape index (κ3) is 4.57. The van der Waals surface area contributed by atoms with Crippen LogP contribution in [0.3, 0.4) is 0 Å². The number of hydrogen-bond donors (Lipinski definition) is 3. The molecule has 1 rings (SSSR count). The average molecular weight is 335 g/mol. The first kappa shape index (κ1) is 18.2. The van der Waals surface area contributed by atoms with Crippen molar-refractivity contribution in [3.63, 3.8) is 0 Å². The van der Waals surface area contributed by atoms with Crippen molar-refractivity contribution in [3.05, 3.63) is 22.7 Å². The van der Waals surface area contributed by atoms with E-state index in [1.807, 2.05) is 13.8 Å². The molecule has 1 unspecified atom stereocenters. The van der Waals surface area contributed by atoms with Crippen molar-refractivity contribution >= 4 is 27.3 Å². The Hall–Kier alpha value is -0.820. The monoisotopic (exact) mass is 334 g/mol. The molecule has 0 aliphatic heterocycles. The van der Waals surface area contributed by atoms with Crippen molar-refractivity contribution < 1.29 is 13.5 Å². The van der Waals surface area contributed by atoms with E-state index in [2.05, 4.69) is 4.72 Å². The normalized spacial score (nSPS) is 13.6. The Kier molecular flexibility index (Phi) is 6.46. The molecule has 0 spiro atoms. The number of nitrogens with two attached hydrogens (primary N) is 1. The number of hydrogen-bond acceptors (Lipinski definition) is 4. The number of anilines is 1. The third-order valence-electron chi connectivity index (χ3n) is 3.73. The smallest absolute Gasteiger partial charge is 0.241 e. The fourth-order valence-electron chi connectivity index (χ4n) is 2.23. The van der Waals surface area contributed by atoms with Crippen LogP contribution >= 0.6 is 11.6 Å². The molecule has 0 amide bonds. The molecule has 1 aromatic carbocycles. The van der Waals surface area contributed by atoms with E-state index in [9.17, 15) is 13.5 Å². The zero-order chi connectivity index (χ0) is 16.2. The third-order valence-corrected chi connectivity index (χ3v) is 5.50. The van der Waals surface area contributed by atoms with E-state index < -0.39 is 16.1 Å². The highest BCUT2D eigenvalue weighted by Gasteiger charge is 2.22. The number of nitrogens with one attached hydrogen (secondary N) is 1. The van der Waals surface area contributed by atoms with E-state index in [0.717, 1.165) is 12.8 Å². The summed E-state index contributed by atoms with van der Waals surface area (Å²) in [6.07, 6.45) is 0.872. The second-order valence-electron chi connectivity index (χ2n) is 5.11. The molecule has 0 aromatic heterocycles. The lowest BCUT2D eigenvalue weighted by atomic mass is 9.97. The largest absolute Gasteiger partial charge is 0.398 e. The lowest BCUT2D eigenvalue weighted by Gasteiger charge is -2.20. The molecule has 5 nitrogen and oxygen atoms in total. The van der Waals surface area contributed by atoms with Crippen molar-refractivity contribution in [2.24, 2.45) is 5.92 Å². The molecule has 1 aromatic rings. The molecule has 0 heterocycles. The topological polar surface area (TPSA) is 92.4 Å². The summed E-state index contributed by atoms with van der Waals surface area (Å²) < 4.78 is 27.1. The number of rotatable bonds is 7. The van der Waals surface area contributed by atoms with Gasteiger partial charge in [0.15, 0.2) is 0 Å². The first-order valence-electron chi connectivity index (χ1n) is 6.96. The highest BCUT2D eigenvalue weighted by atomic mass is 35.5. The Bertz CT molecular complexity index is 586. The first-order chi connectivity index (χ1) is 9.72. The predicted molar refractivity (Wildman–Crippen MR) is 85.9 cm³/mol. The summed E-state index contributed by atoms with van der Waals surface area (Å²) in [4.78, 5) is 0.0456. The van der Waals surface area contributed by atoms with Gasteiger partial charge in [0.05, 0.1) is 11.0 Å². The summed E-state index contributed by atoms with van der Waals surface area (Å²) >= 11 is 5.86. The highest BCUT2D eigenvalue weighted by molar-refractivity contribution is 7.89. The molecule has 7 heteroatoms. The van der Waals surface area contributed by atoms with Gasteiger partial charge in [-0.25, -0.2) is 13.1 Å². The standard InChI is InChI=1S/C14H23ClN2O3S/c1-4-10(5-2)13(18)8-17-21(19,20)14-7-11(15)6-12(16)9(14)3/h6-7,10,13,17-18H,4-5,8,16H2,1-3H3. The van der Waals surface area contributed by atoms with Gasteiger partial charge in [-0.1, -0.05) is 38.3 Å². The molecular formula is C14H23ClN2O3S. The van der Waals surface area contributed by atoms with Crippen LogP contribution in [0.15, 0.2) is 17.0 Å². The predicted octanol–water partition coefficient (Wildman–Crippen LogP) is 2.31. The van der Waals surface area contributed by atoms with Crippen LogP contribution in [0.1, 0.15) is 32.3 Å².